The van der Waals surface area contributed by atoms with Gasteiger partial charge < -0.3 is 4.57 Å². The van der Waals surface area contributed by atoms with Gasteiger partial charge in [-0.05, 0) is 23.6 Å². The zero-order valence-electron chi connectivity index (χ0n) is 9.87. The van der Waals surface area contributed by atoms with Gasteiger partial charge in [0, 0.05) is 23.9 Å². The molecule has 0 aliphatic rings. The summed E-state index contributed by atoms with van der Waals surface area (Å²) in [4.78, 5) is 4.71. The van der Waals surface area contributed by atoms with Gasteiger partial charge in [0.15, 0.2) is 0 Å². The van der Waals surface area contributed by atoms with E-state index in [4.69, 9.17) is 16.6 Å². The van der Waals surface area contributed by atoms with Gasteiger partial charge >= 0.3 is 0 Å². The molecule has 0 aliphatic heterocycles. The maximum atomic E-state index is 6.01. The normalized spacial score (nSPS) is 11.5. The maximum absolute atomic E-state index is 6.01. The van der Waals surface area contributed by atoms with E-state index in [-0.39, 0.29) is 0 Å². The SMILES string of the molecule is CCc1nc2c3ccc(Cl)cc3ccc2n1C. The summed E-state index contributed by atoms with van der Waals surface area (Å²) in [5.41, 5.74) is 2.25. The van der Waals surface area contributed by atoms with Crippen LogP contribution in [0.5, 0.6) is 0 Å². The van der Waals surface area contributed by atoms with E-state index in [2.05, 4.69) is 30.7 Å². The zero-order valence-corrected chi connectivity index (χ0v) is 10.6. The highest BCUT2D eigenvalue weighted by atomic mass is 35.5. The first kappa shape index (κ1) is 10.6. The molecular weight excluding hydrogens is 232 g/mol. The van der Waals surface area contributed by atoms with Gasteiger partial charge in [-0.3, -0.25) is 0 Å². The van der Waals surface area contributed by atoms with E-state index in [0.29, 0.717) is 0 Å². The fourth-order valence-corrected chi connectivity index (χ4v) is 2.50. The van der Waals surface area contributed by atoms with Gasteiger partial charge in [-0.2, -0.15) is 0 Å². The molecule has 86 valence electrons. The summed E-state index contributed by atoms with van der Waals surface area (Å²) in [5.74, 6) is 1.11. The van der Waals surface area contributed by atoms with Gasteiger partial charge in [-0.1, -0.05) is 30.7 Å². The van der Waals surface area contributed by atoms with Gasteiger partial charge in [0.05, 0.1) is 11.0 Å². The van der Waals surface area contributed by atoms with Crippen LogP contribution >= 0.6 is 11.6 Å². The maximum Gasteiger partial charge on any atom is 0.109 e. The van der Waals surface area contributed by atoms with E-state index in [9.17, 15) is 0 Å². The fraction of sp³-hybridized carbons (Fsp3) is 0.214. The van der Waals surface area contributed by atoms with E-state index in [0.717, 1.165) is 28.2 Å². The Morgan fingerprint density at radius 1 is 1.24 bits per heavy atom. The standard InChI is InChI=1S/C14H13ClN2/c1-3-13-16-14-11-6-5-10(15)8-9(11)4-7-12(14)17(13)2/h4-8H,3H2,1-2H3. The Morgan fingerprint density at radius 3 is 2.82 bits per heavy atom. The van der Waals surface area contributed by atoms with E-state index in [1.807, 2.05) is 18.2 Å². The lowest BCUT2D eigenvalue weighted by atomic mass is 10.1. The summed E-state index contributed by atoms with van der Waals surface area (Å²) in [7, 11) is 2.07. The van der Waals surface area contributed by atoms with Crippen LogP contribution in [-0.4, -0.2) is 9.55 Å². The second-order valence-electron chi connectivity index (χ2n) is 4.24. The van der Waals surface area contributed by atoms with Crippen LogP contribution in [0.1, 0.15) is 12.7 Å². The van der Waals surface area contributed by atoms with E-state index < -0.39 is 0 Å². The second-order valence-corrected chi connectivity index (χ2v) is 4.68. The highest BCUT2D eigenvalue weighted by molar-refractivity contribution is 6.31. The van der Waals surface area contributed by atoms with Gasteiger partial charge in [0.2, 0.25) is 0 Å². The van der Waals surface area contributed by atoms with Crippen molar-refractivity contribution in [1.29, 1.82) is 0 Å². The third kappa shape index (κ3) is 1.52. The fourth-order valence-electron chi connectivity index (χ4n) is 2.32. The minimum Gasteiger partial charge on any atom is -0.331 e. The summed E-state index contributed by atoms with van der Waals surface area (Å²) >= 11 is 6.01. The summed E-state index contributed by atoms with van der Waals surface area (Å²) in [6, 6.07) is 10.2. The second kappa shape index (κ2) is 3.74. The van der Waals surface area contributed by atoms with Gasteiger partial charge in [-0.25, -0.2) is 4.98 Å². The Hall–Kier alpha value is -1.54. The number of aryl methyl sites for hydroxylation is 2. The van der Waals surface area contributed by atoms with Crippen LogP contribution in [0.4, 0.5) is 0 Å². The number of fused-ring (bicyclic) bond motifs is 3. The summed E-state index contributed by atoms with van der Waals surface area (Å²) in [6.45, 7) is 2.13. The molecule has 3 heteroatoms. The average molecular weight is 245 g/mol. The zero-order chi connectivity index (χ0) is 12.0. The molecule has 3 rings (SSSR count). The molecule has 2 nitrogen and oxygen atoms in total. The number of hydrogen-bond acceptors (Lipinski definition) is 1. The Balaban J connectivity index is 2.47. The largest absolute Gasteiger partial charge is 0.331 e. The monoisotopic (exact) mass is 244 g/mol. The molecule has 0 amide bonds. The van der Waals surface area contributed by atoms with Crippen molar-refractivity contribution in [3.05, 3.63) is 41.2 Å². The van der Waals surface area contributed by atoms with Crippen LogP contribution in [0, 0.1) is 0 Å². The van der Waals surface area contributed by atoms with Gasteiger partial charge in [0.25, 0.3) is 0 Å². The Labute approximate surface area is 105 Å². The Kier molecular flexibility index (Phi) is 2.33. The first-order valence-electron chi connectivity index (χ1n) is 5.74. The van der Waals surface area contributed by atoms with Crippen molar-refractivity contribution in [2.75, 3.05) is 0 Å². The number of aromatic nitrogens is 2. The molecule has 0 saturated heterocycles. The lowest BCUT2D eigenvalue weighted by Crippen LogP contribution is -1.94. The van der Waals surface area contributed by atoms with Gasteiger partial charge in [-0.15, -0.1) is 0 Å². The molecule has 0 aliphatic carbocycles. The summed E-state index contributed by atoms with van der Waals surface area (Å²) in [5, 5.41) is 3.08. The smallest absolute Gasteiger partial charge is 0.109 e. The molecule has 0 bridgehead atoms. The van der Waals surface area contributed by atoms with Crippen molar-refractivity contribution in [2.24, 2.45) is 7.05 Å². The highest BCUT2D eigenvalue weighted by Gasteiger charge is 2.09. The lowest BCUT2D eigenvalue weighted by molar-refractivity contribution is 0.829. The number of benzene rings is 2. The van der Waals surface area contributed by atoms with Crippen molar-refractivity contribution in [2.45, 2.75) is 13.3 Å². The third-order valence-corrected chi connectivity index (χ3v) is 3.47. The molecule has 0 spiro atoms. The Bertz CT molecular complexity index is 713. The molecule has 2 aromatic carbocycles. The topological polar surface area (TPSA) is 17.8 Å². The molecule has 0 unspecified atom stereocenters. The number of rotatable bonds is 1. The Morgan fingerprint density at radius 2 is 2.06 bits per heavy atom. The summed E-state index contributed by atoms with van der Waals surface area (Å²) < 4.78 is 2.16. The molecule has 0 N–H and O–H groups in total. The van der Waals surface area contributed by atoms with Crippen LogP contribution < -0.4 is 0 Å². The van der Waals surface area contributed by atoms with Crippen molar-refractivity contribution >= 4 is 33.4 Å². The van der Waals surface area contributed by atoms with Crippen LogP contribution in [0.25, 0.3) is 21.8 Å². The van der Waals surface area contributed by atoms with E-state index >= 15 is 0 Å². The highest BCUT2D eigenvalue weighted by Crippen LogP contribution is 2.27. The van der Waals surface area contributed by atoms with E-state index in [1.165, 1.54) is 10.9 Å². The molecule has 1 aromatic heterocycles. The minimum atomic E-state index is 0.767. The van der Waals surface area contributed by atoms with Crippen LogP contribution in [0.15, 0.2) is 30.3 Å². The molecule has 1 heterocycles. The average Bonchev–Trinajstić information content (AvgIpc) is 2.66. The van der Waals surface area contributed by atoms with Crippen LogP contribution in [0.2, 0.25) is 5.02 Å². The lowest BCUT2D eigenvalue weighted by Gasteiger charge is -2.01. The molecule has 0 fully saturated rings. The molecular formula is C14H13ClN2. The number of hydrogen-bond donors (Lipinski definition) is 0. The van der Waals surface area contributed by atoms with Crippen molar-refractivity contribution in [3.63, 3.8) is 0 Å². The number of halogens is 1. The minimum absolute atomic E-state index is 0.767. The van der Waals surface area contributed by atoms with Crippen molar-refractivity contribution < 1.29 is 0 Å². The van der Waals surface area contributed by atoms with Crippen molar-refractivity contribution in [1.82, 2.24) is 9.55 Å². The predicted molar refractivity (Wildman–Crippen MR) is 72.6 cm³/mol. The molecule has 0 atom stereocenters. The molecule has 0 saturated carbocycles. The predicted octanol–water partition coefficient (Wildman–Crippen LogP) is 3.94. The quantitative estimate of drug-likeness (QED) is 0.634. The van der Waals surface area contributed by atoms with Crippen molar-refractivity contribution in [3.8, 4) is 0 Å². The number of nitrogens with zero attached hydrogens (tertiary/aromatic N) is 2. The third-order valence-electron chi connectivity index (χ3n) is 3.24. The summed E-state index contributed by atoms with van der Waals surface area (Å²) in [6.07, 6.45) is 0.945. The first-order valence-corrected chi connectivity index (χ1v) is 6.12. The molecule has 0 radical (unpaired) electrons. The first-order chi connectivity index (χ1) is 8.20. The molecule has 17 heavy (non-hydrogen) atoms. The van der Waals surface area contributed by atoms with Crippen LogP contribution in [-0.2, 0) is 13.5 Å². The van der Waals surface area contributed by atoms with Gasteiger partial charge in [0.1, 0.15) is 5.82 Å². The number of imidazole rings is 1. The molecule has 3 aromatic rings. The van der Waals surface area contributed by atoms with Crippen LogP contribution in [0.3, 0.4) is 0 Å². The van der Waals surface area contributed by atoms with E-state index in [1.54, 1.807) is 0 Å².